The third-order valence-electron chi connectivity index (χ3n) is 2.13. The second kappa shape index (κ2) is 3.23. The highest BCUT2D eigenvalue weighted by Crippen LogP contribution is 2.10. The summed E-state index contributed by atoms with van der Waals surface area (Å²) in [5, 5.41) is 0. The van der Waals surface area contributed by atoms with Crippen LogP contribution in [-0.4, -0.2) is 21.7 Å². The molecule has 2 heterocycles. The molecule has 0 aliphatic heterocycles. The molecule has 0 radical (unpaired) electrons. The number of nitrogens with two attached hydrogens (primary N) is 1. The van der Waals surface area contributed by atoms with Crippen LogP contribution in [0.25, 0.3) is 5.52 Å². The lowest BCUT2D eigenvalue weighted by molar-refractivity contribution is 0.0999. The predicted octanol–water partition coefficient (Wildman–Crippen LogP) is 0.784. The Hall–Kier alpha value is -1.68. The van der Waals surface area contributed by atoms with Crippen LogP contribution < -0.4 is 5.73 Å². The van der Waals surface area contributed by atoms with E-state index in [0.717, 1.165) is 11.1 Å². The first kappa shape index (κ1) is 8.90. The quantitative estimate of drug-likeness (QED) is 0.710. The fraction of sp³-hybridized carbons (Fsp3) is 0.200. The van der Waals surface area contributed by atoms with E-state index in [1.54, 1.807) is 6.33 Å². The Kier molecular flexibility index (Phi) is 2.05. The van der Waals surface area contributed by atoms with E-state index in [4.69, 9.17) is 5.73 Å². The molecule has 0 aromatic carbocycles. The van der Waals surface area contributed by atoms with Crippen molar-refractivity contribution in [2.75, 3.05) is 6.54 Å². The highest BCUT2D eigenvalue weighted by atomic mass is 16.1. The molecule has 4 heteroatoms. The summed E-state index contributed by atoms with van der Waals surface area (Å²) in [5.41, 5.74) is 7.67. The van der Waals surface area contributed by atoms with Gasteiger partial charge in [-0.25, -0.2) is 4.98 Å². The number of hydrogen-bond donors (Lipinski definition) is 1. The minimum absolute atomic E-state index is 0.000545. The molecular formula is C10H11N3O. The largest absolute Gasteiger partial charge is 0.324 e. The topological polar surface area (TPSA) is 60.4 Å². The van der Waals surface area contributed by atoms with Crippen molar-refractivity contribution in [1.29, 1.82) is 0 Å². The maximum absolute atomic E-state index is 11.4. The van der Waals surface area contributed by atoms with Gasteiger partial charge in [-0.3, -0.25) is 4.79 Å². The normalized spacial score (nSPS) is 10.7. The summed E-state index contributed by atoms with van der Waals surface area (Å²) in [4.78, 5) is 15.4. The van der Waals surface area contributed by atoms with Gasteiger partial charge in [0.05, 0.1) is 12.1 Å². The number of carbonyl (C=O) groups excluding carboxylic acids is 1. The third kappa shape index (κ3) is 1.29. The van der Waals surface area contributed by atoms with Crippen LogP contribution in [-0.2, 0) is 0 Å². The Bertz CT molecular complexity index is 487. The summed E-state index contributed by atoms with van der Waals surface area (Å²) in [6.45, 7) is 1.99. The van der Waals surface area contributed by atoms with Crippen molar-refractivity contribution in [3.05, 3.63) is 35.9 Å². The first-order chi connectivity index (χ1) is 6.72. The lowest BCUT2D eigenvalue weighted by Gasteiger charge is -1.97. The van der Waals surface area contributed by atoms with Gasteiger partial charge < -0.3 is 10.1 Å². The smallest absolute Gasteiger partial charge is 0.196 e. The van der Waals surface area contributed by atoms with Gasteiger partial charge in [-0.1, -0.05) is 6.07 Å². The van der Waals surface area contributed by atoms with E-state index in [1.807, 2.05) is 29.7 Å². The third-order valence-corrected chi connectivity index (χ3v) is 2.13. The molecule has 14 heavy (non-hydrogen) atoms. The minimum Gasteiger partial charge on any atom is -0.324 e. The summed E-state index contributed by atoms with van der Waals surface area (Å²) in [5.74, 6) is -0.128. The molecule has 0 atom stereocenters. The molecule has 0 saturated heterocycles. The molecular weight excluding hydrogens is 178 g/mol. The molecule has 2 aromatic heterocycles. The molecule has 0 spiro atoms. The van der Waals surface area contributed by atoms with Gasteiger partial charge in [0.25, 0.3) is 0 Å². The highest BCUT2D eigenvalue weighted by molar-refractivity contribution is 6.01. The van der Waals surface area contributed by atoms with Crippen LogP contribution in [0.1, 0.15) is 16.1 Å². The van der Waals surface area contributed by atoms with E-state index in [2.05, 4.69) is 4.98 Å². The zero-order valence-electron chi connectivity index (χ0n) is 7.90. The summed E-state index contributed by atoms with van der Waals surface area (Å²) >= 11 is 0. The van der Waals surface area contributed by atoms with E-state index in [9.17, 15) is 4.79 Å². The SMILES string of the molecule is Cc1ccc2c(C(=O)CN)ncn2c1. The maximum atomic E-state index is 11.4. The maximum Gasteiger partial charge on any atom is 0.196 e. The van der Waals surface area contributed by atoms with Gasteiger partial charge in [-0.05, 0) is 18.6 Å². The van der Waals surface area contributed by atoms with Crippen LogP contribution >= 0.6 is 0 Å². The number of Topliss-reactive ketones (excluding diaryl/α,β-unsaturated/α-hetero) is 1. The Labute approximate surface area is 81.4 Å². The van der Waals surface area contributed by atoms with Crippen molar-refractivity contribution < 1.29 is 4.79 Å². The molecule has 2 aromatic rings. The number of aryl methyl sites for hydroxylation is 1. The number of nitrogens with zero attached hydrogens (tertiary/aromatic N) is 2. The second-order valence-electron chi connectivity index (χ2n) is 3.22. The van der Waals surface area contributed by atoms with Gasteiger partial charge in [0.1, 0.15) is 12.0 Å². The number of hydrogen-bond acceptors (Lipinski definition) is 3. The van der Waals surface area contributed by atoms with Crippen molar-refractivity contribution in [3.63, 3.8) is 0 Å². The van der Waals surface area contributed by atoms with Gasteiger partial charge >= 0.3 is 0 Å². The summed E-state index contributed by atoms with van der Waals surface area (Å²) in [6.07, 6.45) is 3.56. The van der Waals surface area contributed by atoms with E-state index < -0.39 is 0 Å². The zero-order valence-corrected chi connectivity index (χ0v) is 7.90. The van der Waals surface area contributed by atoms with Crippen LogP contribution in [0.3, 0.4) is 0 Å². The number of pyridine rings is 1. The summed E-state index contributed by atoms with van der Waals surface area (Å²) < 4.78 is 1.83. The lowest BCUT2D eigenvalue weighted by Crippen LogP contribution is -2.14. The molecule has 0 amide bonds. The predicted molar refractivity (Wildman–Crippen MR) is 53.3 cm³/mol. The van der Waals surface area contributed by atoms with Crippen molar-refractivity contribution >= 4 is 11.3 Å². The Balaban J connectivity index is 2.64. The van der Waals surface area contributed by atoms with Gasteiger partial charge in [0.15, 0.2) is 5.78 Å². The monoisotopic (exact) mass is 189 g/mol. The van der Waals surface area contributed by atoms with E-state index in [0.29, 0.717) is 5.69 Å². The standard InChI is InChI=1S/C10H11N3O/c1-7-2-3-8-10(9(14)4-11)12-6-13(8)5-7/h2-3,5-6H,4,11H2,1H3. The number of imidazole rings is 1. The van der Waals surface area contributed by atoms with Crippen LogP contribution in [0.5, 0.6) is 0 Å². The van der Waals surface area contributed by atoms with Crippen molar-refractivity contribution in [2.24, 2.45) is 5.73 Å². The minimum atomic E-state index is -0.128. The van der Waals surface area contributed by atoms with Crippen LogP contribution in [0.4, 0.5) is 0 Å². The van der Waals surface area contributed by atoms with Crippen LogP contribution in [0.2, 0.25) is 0 Å². The average Bonchev–Trinajstić information content (AvgIpc) is 2.59. The summed E-state index contributed by atoms with van der Waals surface area (Å²) in [7, 11) is 0. The fourth-order valence-corrected chi connectivity index (χ4v) is 1.42. The number of rotatable bonds is 2. The zero-order chi connectivity index (χ0) is 10.1. The van der Waals surface area contributed by atoms with Crippen LogP contribution in [0, 0.1) is 6.92 Å². The van der Waals surface area contributed by atoms with Gasteiger partial charge in [-0.15, -0.1) is 0 Å². The van der Waals surface area contributed by atoms with E-state index >= 15 is 0 Å². The summed E-state index contributed by atoms with van der Waals surface area (Å²) in [6, 6.07) is 3.83. The number of fused-ring (bicyclic) bond motifs is 1. The molecule has 0 aliphatic carbocycles. The Morgan fingerprint density at radius 2 is 2.36 bits per heavy atom. The van der Waals surface area contributed by atoms with Gasteiger partial charge in [0, 0.05) is 6.20 Å². The Morgan fingerprint density at radius 1 is 1.57 bits per heavy atom. The molecule has 0 saturated carbocycles. The van der Waals surface area contributed by atoms with Crippen molar-refractivity contribution in [2.45, 2.75) is 6.92 Å². The molecule has 4 nitrogen and oxygen atoms in total. The molecule has 0 fully saturated rings. The number of ketones is 1. The average molecular weight is 189 g/mol. The molecule has 0 bridgehead atoms. The first-order valence-electron chi connectivity index (χ1n) is 4.39. The second-order valence-corrected chi connectivity index (χ2v) is 3.22. The van der Waals surface area contributed by atoms with Crippen molar-refractivity contribution in [3.8, 4) is 0 Å². The molecule has 0 aliphatic rings. The van der Waals surface area contributed by atoms with Gasteiger partial charge in [0.2, 0.25) is 0 Å². The molecule has 2 rings (SSSR count). The number of aromatic nitrogens is 2. The molecule has 72 valence electrons. The number of carbonyl (C=O) groups is 1. The van der Waals surface area contributed by atoms with E-state index in [-0.39, 0.29) is 12.3 Å². The highest BCUT2D eigenvalue weighted by Gasteiger charge is 2.10. The molecule has 0 unspecified atom stereocenters. The fourth-order valence-electron chi connectivity index (χ4n) is 1.42. The van der Waals surface area contributed by atoms with Gasteiger partial charge in [-0.2, -0.15) is 0 Å². The van der Waals surface area contributed by atoms with Crippen molar-refractivity contribution in [1.82, 2.24) is 9.38 Å². The van der Waals surface area contributed by atoms with E-state index in [1.165, 1.54) is 0 Å². The molecule has 2 N–H and O–H groups in total. The lowest BCUT2D eigenvalue weighted by atomic mass is 10.2. The Morgan fingerprint density at radius 3 is 3.07 bits per heavy atom. The van der Waals surface area contributed by atoms with Crippen LogP contribution in [0.15, 0.2) is 24.7 Å². The first-order valence-corrected chi connectivity index (χ1v) is 4.39.